The van der Waals surface area contributed by atoms with E-state index in [0.717, 1.165) is 24.5 Å². The van der Waals surface area contributed by atoms with Gasteiger partial charge in [-0.3, -0.25) is 10.1 Å². The van der Waals surface area contributed by atoms with E-state index in [1.807, 2.05) is 13.8 Å². The third-order valence-electron chi connectivity index (χ3n) is 3.16. The fourth-order valence-electron chi connectivity index (χ4n) is 1.93. The van der Waals surface area contributed by atoms with Gasteiger partial charge in [-0.25, -0.2) is 22.8 Å². The zero-order valence-electron chi connectivity index (χ0n) is 13.1. The average Bonchev–Trinajstić information content (AvgIpc) is 2.48. The molecule has 0 spiro atoms. The number of hydrogen-bond donors (Lipinski definition) is 1. The molecule has 8 nitrogen and oxygen atoms in total. The summed E-state index contributed by atoms with van der Waals surface area (Å²) in [6.45, 7) is 3.65. The fraction of sp³-hybridized carbons (Fsp3) is 0.286. The number of aromatic nitrogens is 2. The summed E-state index contributed by atoms with van der Waals surface area (Å²) in [4.78, 5) is 17.9. The minimum Gasteiger partial charge on any atom is -0.337 e. The largest absolute Gasteiger partial charge is 0.337 e. The molecule has 24 heavy (non-hydrogen) atoms. The van der Waals surface area contributed by atoms with Gasteiger partial charge in [-0.1, -0.05) is 13.8 Å². The number of rotatable bonds is 5. The molecule has 0 aliphatic carbocycles. The predicted octanol–water partition coefficient (Wildman–Crippen LogP) is 2.79. The second-order valence-electron chi connectivity index (χ2n) is 5.43. The Bertz CT molecular complexity index is 900. The highest BCUT2D eigenvalue weighted by Crippen LogP contribution is 2.29. The highest BCUT2D eigenvalue weighted by atomic mass is 32.2. The van der Waals surface area contributed by atoms with Gasteiger partial charge < -0.3 is 5.32 Å². The average molecular weight is 354 g/mol. The predicted molar refractivity (Wildman–Crippen MR) is 85.6 cm³/mol. The van der Waals surface area contributed by atoms with Crippen LogP contribution in [-0.2, 0) is 9.84 Å². The van der Waals surface area contributed by atoms with Gasteiger partial charge in [-0.2, -0.15) is 0 Å². The maximum Gasteiger partial charge on any atom is 0.271 e. The van der Waals surface area contributed by atoms with Gasteiger partial charge in [0, 0.05) is 30.1 Å². The van der Waals surface area contributed by atoms with Crippen molar-refractivity contribution in [1.29, 1.82) is 0 Å². The maximum absolute atomic E-state index is 13.9. The number of benzene rings is 1. The molecule has 10 heteroatoms. The number of nitrogens with zero attached hydrogens (tertiary/aromatic N) is 3. The number of non-ortho nitro benzene ring substituents is 1. The van der Waals surface area contributed by atoms with E-state index < -0.39 is 25.7 Å². The molecule has 0 bridgehead atoms. The lowest BCUT2D eigenvalue weighted by Crippen LogP contribution is -2.10. The Hall–Kier alpha value is -2.62. The first-order chi connectivity index (χ1) is 11.1. The Morgan fingerprint density at radius 1 is 1.33 bits per heavy atom. The summed E-state index contributed by atoms with van der Waals surface area (Å²) in [7, 11) is -3.66. The Balaban J connectivity index is 2.55. The van der Waals surface area contributed by atoms with E-state index >= 15 is 0 Å². The van der Waals surface area contributed by atoms with Gasteiger partial charge >= 0.3 is 0 Å². The quantitative estimate of drug-likeness (QED) is 0.498. The number of nitrogens with one attached hydrogen (secondary N) is 1. The fourth-order valence-corrected chi connectivity index (χ4v) is 2.43. The second kappa shape index (κ2) is 6.48. The maximum atomic E-state index is 13.9. The first-order valence-corrected chi connectivity index (χ1v) is 8.76. The van der Waals surface area contributed by atoms with E-state index in [1.54, 1.807) is 0 Å². The second-order valence-corrected chi connectivity index (χ2v) is 7.34. The summed E-state index contributed by atoms with van der Waals surface area (Å²) in [5.74, 6) is -0.725. The standard InChI is InChI=1S/C14H15FN4O4S/c1-8(2)10-7-16-14(24(3,22)23)18-13(10)17-12-6-9(19(20)21)4-5-11(12)15/h4-8H,1-3H3,(H,16,17,18). The van der Waals surface area contributed by atoms with Crippen LogP contribution in [0.2, 0.25) is 0 Å². The summed E-state index contributed by atoms with van der Waals surface area (Å²) >= 11 is 0. The first-order valence-electron chi connectivity index (χ1n) is 6.87. The van der Waals surface area contributed by atoms with Crippen molar-refractivity contribution in [3.63, 3.8) is 0 Å². The van der Waals surface area contributed by atoms with E-state index in [4.69, 9.17) is 0 Å². The molecule has 0 aliphatic rings. The first kappa shape index (κ1) is 17.7. The van der Waals surface area contributed by atoms with Crippen LogP contribution in [0.5, 0.6) is 0 Å². The Morgan fingerprint density at radius 2 is 2.00 bits per heavy atom. The van der Waals surface area contributed by atoms with Gasteiger partial charge in [-0.15, -0.1) is 0 Å². The molecule has 0 unspecified atom stereocenters. The van der Waals surface area contributed by atoms with Crippen molar-refractivity contribution in [1.82, 2.24) is 9.97 Å². The Morgan fingerprint density at radius 3 is 2.54 bits per heavy atom. The van der Waals surface area contributed by atoms with E-state index in [1.165, 1.54) is 6.20 Å². The molecule has 2 rings (SSSR count). The van der Waals surface area contributed by atoms with Crippen LogP contribution in [0.3, 0.4) is 0 Å². The number of nitro groups is 1. The number of anilines is 2. The molecular formula is C14H15FN4O4S. The van der Waals surface area contributed by atoms with Crippen molar-refractivity contribution in [3.8, 4) is 0 Å². The summed E-state index contributed by atoms with van der Waals surface area (Å²) < 4.78 is 37.2. The van der Waals surface area contributed by atoms with Crippen molar-refractivity contribution in [2.45, 2.75) is 24.9 Å². The SMILES string of the molecule is CC(C)c1cnc(S(C)(=O)=O)nc1Nc1cc([N+](=O)[O-])ccc1F. The van der Waals surface area contributed by atoms with Crippen LogP contribution in [0.25, 0.3) is 0 Å². The minimum atomic E-state index is -3.66. The molecule has 1 heterocycles. The van der Waals surface area contributed by atoms with Crippen LogP contribution in [0, 0.1) is 15.9 Å². The highest BCUT2D eigenvalue weighted by molar-refractivity contribution is 7.90. The van der Waals surface area contributed by atoms with Gasteiger partial charge in [-0.05, 0) is 12.0 Å². The lowest BCUT2D eigenvalue weighted by atomic mass is 10.1. The van der Waals surface area contributed by atoms with Gasteiger partial charge in [0.1, 0.15) is 11.6 Å². The number of nitro benzene ring substituents is 1. The van der Waals surface area contributed by atoms with Crippen molar-refractivity contribution in [2.24, 2.45) is 0 Å². The third kappa shape index (κ3) is 3.82. The molecule has 0 saturated heterocycles. The third-order valence-corrected chi connectivity index (χ3v) is 4.02. The van der Waals surface area contributed by atoms with E-state index in [-0.39, 0.29) is 23.1 Å². The van der Waals surface area contributed by atoms with Crippen LogP contribution in [0.15, 0.2) is 29.6 Å². The molecule has 2 aromatic rings. The zero-order chi connectivity index (χ0) is 18.1. The van der Waals surface area contributed by atoms with Gasteiger partial charge in [0.25, 0.3) is 5.69 Å². The van der Waals surface area contributed by atoms with Crippen molar-refractivity contribution in [3.05, 3.63) is 45.9 Å². The smallest absolute Gasteiger partial charge is 0.271 e. The van der Waals surface area contributed by atoms with Gasteiger partial charge in [0.15, 0.2) is 0 Å². The van der Waals surface area contributed by atoms with Crippen LogP contribution >= 0.6 is 0 Å². The Labute approximate surface area is 137 Å². The number of hydrogen-bond acceptors (Lipinski definition) is 7. The van der Waals surface area contributed by atoms with E-state index in [0.29, 0.717) is 5.56 Å². The highest BCUT2D eigenvalue weighted by Gasteiger charge is 2.18. The molecule has 0 atom stereocenters. The molecule has 1 N–H and O–H groups in total. The van der Waals surface area contributed by atoms with Crippen LogP contribution in [0.1, 0.15) is 25.3 Å². The van der Waals surface area contributed by atoms with Gasteiger partial charge in [0.05, 0.1) is 10.6 Å². The van der Waals surface area contributed by atoms with E-state index in [9.17, 15) is 22.9 Å². The lowest BCUT2D eigenvalue weighted by molar-refractivity contribution is -0.384. The van der Waals surface area contributed by atoms with Gasteiger partial charge in [0.2, 0.25) is 15.0 Å². The molecule has 0 fully saturated rings. The van der Waals surface area contributed by atoms with Crippen LogP contribution in [0.4, 0.5) is 21.6 Å². The number of sulfone groups is 1. The van der Waals surface area contributed by atoms with E-state index in [2.05, 4.69) is 15.3 Å². The normalized spacial score (nSPS) is 11.5. The Kier molecular flexibility index (Phi) is 4.78. The van der Waals surface area contributed by atoms with Crippen molar-refractivity contribution < 1.29 is 17.7 Å². The van der Waals surface area contributed by atoms with Crippen LogP contribution in [-0.4, -0.2) is 29.6 Å². The molecule has 1 aromatic heterocycles. The minimum absolute atomic E-state index is 0.0807. The summed E-state index contributed by atoms with van der Waals surface area (Å²) in [5, 5.41) is 13.0. The molecule has 0 amide bonds. The topological polar surface area (TPSA) is 115 Å². The van der Waals surface area contributed by atoms with Crippen molar-refractivity contribution >= 4 is 27.0 Å². The molecule has 0 aliphatic heterocycles. The lowest BCUT2D eigenvalue weighted by Gasteiger charge is -2.14. The molecule has 0 saturated carbocycles. The summed E-state index contributed by atoms with van der Waals surface area (Å²) in [5.41, 5.74) is 0.0694. The summed E-state index contributed by atoms with van der Waals surface area (Å²) in [6, 6.07) is 3.00. The summed E-state index contributed by atoms with van der Waals surface area (Å²) in [6.07, 6.45) is 2.29. The molecule has 0 radical (unpaired) electrons. The monoisotopic (exact) mass is 354 g/mol. The van der Waals surface area contributed by atoms with Crippen molar-refractivity contribution in [2.75, 3.05) is 11.6 Å². The molecular weight excluding hydrogens is 339 g/mol. The molecule has 1 aromatic carbocycles. The zero-order valence-corrected chi connectivity index (χ0v) is 14.0. The molecule has 128 valence electrons. The van der Waals surface area contributed by atoms with Crippen LogP contribution < -0.4 is 5.32 Å². The number of halogens is 1.